The Labute approximate surface area is 148 Å². The van der Waals surface area contributed by atoms with E-state index in [0.29, 0.717) is 18.0 Å². The van der Waals surface area contributed by atoms with Crippen LogP contribution < -0.4 is 10.6 Å². The highest BCUT2D eigenvalue weighted by Gasteiger charge is 2.06. The Kier molecular flexibility index (Phi) is 7.07. The van der Waals surface area contributed by atoms with Crippen molar-refractivity contribution in [1.82, 2.24) is 10.3 Å². The van der Waals surface area contributed by atoms with E-state index < -0.39 is 0 Å². The zero-order valence-corrected chi connectivity index (χ0v) is 14.9. The van der Waals surface area contributed by atoms with Crippen LogP contribution in [0.1, 0.15) is 36.2 Å². The van der Waals surface area contributed by atoms with Crippen LogP contribution in [0.25, 0.3) is 0 Å². The van der Waals surface area contributed by atoms with E-state index >= 15 is 0 Å². The van der Waals surface area contributed by atoms with Gasteiger partial charge in [0.2, 0.25) is 0 Å². The lowest BCUT2D eigenvalue weighted by molar-refractivity contribution is 0.0951. The zero-order valence-electron chi connectivity index (χ0n) is 14.2. The molecular weight excluding hydrogens is 322 g/mol. The number of nitrogens with zero attached hydrogens (tertiary/aromatic N) is 1. The summed E-state index contributed by atoms with van der Waals surface area (Å²) in [5.41, 5.74) is 1.76. The fraction of sp³-hybridized carbons (Fsp3) is 0.368. The average molecular weight is 346 g/mol. The molecule has 1 heterocycles. The minimum Gasteiger partial charge on any atom is -0.370 e. The number of hydrogen-bond acceptors (Lipinski definition) is 3. The number of carbonyl (C=O) groups is 1. The maximum atomic E-state index is 12.0. The minimum atomic E-state index is -0.0753. The van der Waals surface area contributed by atoms with Crippen LogP contribution in [-0.4, -0.2) is 24.0 Å². The second-order valence-corrected chi connectivity index (χ2v) is 6.61. The Hall–Kier alpha value is -2.07. The molecule has 0 aliphatic rings. The van der Waals surface area contributed by atoms with Gasteiger partial charge in [0.15, 0.2) is 0 Å². The van der Waals surface area contributed by atoms with Gasteiger partial charge in [-0.15, -0.1) is 0 Å². The summed E-state index contributed by atoms with van der Waals surface area (Å²) in [7, 11) is 0. The molecule has 2 rings (SSSR count). The van der Waals surface area contributed by atoms with Crippen molar-refractivity contribution in [1.29, 1.82) is 0 Å². The highest BCUT2D eigenvalue weighted by Crippen LogP contribution is 2.11. The van der Waals surface area contributed by atoms with Gasteiger partial charge in [0.1, 0.15) is 5.82 Å². The van der Waals surface area contributed by atoms with Crippen molar-refractivity contribution in [3.8, 4) is 0 Å². The summed E-state index contributed by atoms with van der Waals surface area (Å²) in [6.07, 6.45) is 3.44. The summed E-state index contributed by atoms with van der Waals surface area (Å²) >= 11 is 5.97. The van der Waals surface area contributed by atoms with Crippen molar-refractivity contribution in [2.75, 3.05) is 18.4 Å². The molecule has 0 unspecified atom stereocenters. The fourth-order valence-electron chi connectivity index (χ4n) is 2.24. The van der Waals surface area contributed by atoms with Gasteiger partial charge in [-0.2, -0.15) is 0 Å². The first-order chi connectivity index (χ1) is 11.5. The summed E-state index contributed by atoms with van der Waals surface area (Å²) in [4.78, 5) is 16.3. The van der Waals surface area contributed by atoms with Gasteiger partial charge in [0.25, 0.3) is 5.91 Å². The number of benzene rings is 1. The van der Waals surface area contributed by atoms with Gasteiger partial charge >= 0.3 is 0 Å². The zero-order chi connectivity index (χ0) is 17.4. The molecular formula is C19H24ClN3O. The van der Waals surface area contributed by atoms with Crippen LogP contribution in [0, 0.1) is 5.92 Å². The molecule has 2 aromatic rings. The van der Waals surface area contributed by atoms with E-state index in [-0.39, 0.29) is 5.91 Å². The van der Waals surface area contributed by atoms with Crippen LogP contribution in [0.5, 0.6) is 0 Å². The Morgan fingerprint density at radius 3 is 2.71 bits per heavy atom. The van der Waals surface area contributed by atoms with Gasteiger partial charge in [-0.05, 0) is 48.6 Å². The number of halogens is 1. The minimum absolute atomic E-state index is 0.0753. The molecule has 0 spiro atoms. The largest absolute Gasteiger partial charge is 0.370 e. The molecule has 2 N–H and O–H groups in total. The monoisotopic (exact) mass is 345 g/mol. The van der Waals surface area contributed by atoms with Crippen molar-refractivity contribution < 1.29 is 4.79 Å². The molecule has 1 aromatic heterocycles. The molecule has 0 bridgehead atoms. The first-order valence-electron chi connectivity index (χ1n) is 8.27. The first kappa shape index (κ1) is 18.3. The van der Waals surface area contributed by atoms with Crippen molar-refractivity contribution in [2.45, 2.75) is 26.7 Å². The van der Waals surface area contributed by atoms with Crippen LogP contribution in [0.4, 0.5) is 5.82 Å². The van der Waals surface area contributed by atoms with E-state index in [4.69, 9.17) is 11.6 Å². The summed E-state index contributed by atoms with van der Waals surface area (Å²) < 4.78 is 0. The van der Waals surface area contributed by atoms with E-state index in [0.717, 1.165) is 30.2 Å². The second kappa shape index (κ2) is 9.28. The van der Waals surface area contributed by atoms with E-state index in [1.165, 1.54) is 5.56 Å². The number of nitrogens with one attached hydrogen (secondary N) is 2. The summed E-state index contributed by atoms with van der Waals surface area (Å²) in [6.45, 7) is 5.72. The summed E-state index contributed by atoms with van der Waals surface area (Å²) in [6, 6.07) is 11.4. The lowest BCUT2D eigenvalue weighted by Gasteiger charge is -2.08. The molecule has 0 aliphatic carbocycles. The predicted molar refractivity (Wildman–Crippen MR) is 99.7 cm³/mol. The molecule has 0 saturated heterocycles. The predicted octanol–water partition coefficient (Wildman–Crippen LogP) is 4.17. The van der Waals surface area contributed by atoms with Crippen molar-refractivity contribution in [3.63, 3.8) is 0 Å². The fourth-order valence-corrected chi connectivity index (χ4v) is 2.45. The van der Waals surface area contributed by atoms with Crippen molar-refractivity contribution >= 4 is 23.3 Å². The lowest BCUT2D eigenvalue weighted by Crippen LogP contribution is -2.25. The maximum Gasteiger partial charge on any atom is 0.252 e. The van der Waals surface area contributed by atoms with E-state index in [1.807, 2.05) is 30.3 Å². The molecule has 0 atom stereocenters. The Morgan fingerprint density at radius 1 is 1.21 bits per heavy atom. The molecule has 0 aliphatic heterocycles. The van der Waals surface area contributed by atoms with Crippen LogP contribution in [-0.2, 0) is 6.42 Å². The number of amides is 1. The van der Waals surface area contributed by atoms with Gasteiger partial charge in [-0.1, -0.05) is 37.6 Å². The summed E-state index contributed by atoms with van der Waals surface area (Å²) in [5.74, 6) is 1.26. The third-order valence-electron chi connectivity index (χ3n) is 3.64. The van der Waals surface area contributed by atoms with E-state index in [1.54, 1.807) is 12.3 Å². The molecule has 128 valence electrons. The van der Waals surface area contributed by atoms with E-state index in [2.05, 4.69) is 29.5 Å². The Bertz CT molecular complexity index is 656. The van der Waals surface area contributed by atoms with Crippen molar-refractivity contribution in [2.24, 2.45) is 5.92 Å². The molecule has 1 amide bonds. The second-order valence-electron chi connectivity index (χ2n) is 6.18. The third kappa shape index (κ3) is 6.20. The standard InChI is InChI=1S/C19H24ClN3O/c1-14(2)8-10-22-19(24)16-6-7-18(23-13-16)21-11-9-15-4-3-5-17(20)12-15/h3-7,12-14H,8-11H2,1-2H3,(H,21,23)(H,22,24). The number of carbonyl (C=O) groups excluding carboxylic acids is 1. The number of anilines is 1. The third-order valence-corrected chi connectivity index (χ3v) is 3.88. The smallest absolute Gasteiger partial charge is 0.252 e. The Balaban J connectivity index is 1.78. The van der Waals surface area contributed by atoms with Gasteiger partial charge in [-0.3, -0.25) is 4.79 Å². The average Bonchev–Trinajstić information content (AvgIpc) is 2.55. The molecule has 24 heavy (non-hydrogen) atoms. The van der Waals surface area contributed by atoms with Crippen LogP contribution in [0.15, 0.2) is 42.6 Å². The van der Waals surface area contributed by atoms with E-state index in [9.17, 15) is 4.79 Å². The molecule has 1 aromatic carbocycles. The molecule has 0 fully saturated rings. The highest BCUT2D eigenvalue weighted by molar-refractivity contribution is 6.30. The number of pyridine rings is 1. The lowest BCUT2D eigenvalue weighted by atomic mass is 10.1. The maximum absolute atomic E-state index is 12.0. The molecule has 4 nitrogen and oxygen atoms in total. The quantitative estimate of drug-likeness (QED) is 0.755. The highest BCUT2D eigenvalue weighted by atomic mass is 35.5. The first-order valence-corrected chi connectivity index (χ1v) is 8.65. The van der Waals surface area contributed by atoms with Crippen molar-refractivity contribution in [3.05, 3.63) is 58.7 Å². The molecule has 0 radical (unpaired) electrons. The van der Waals surface area contributed by atoms with Crippen LogP contribution in [0.2, 0.25) is 5.02 Å². The number of hydrogen-bond donors (Lipinski definition) is 2. The topological polar surface area (TPSA) is 54.0 Å². The van der Waals surface area contributed by atoms with Crippen LogP contribution >= 0.6 is 11.6 Å². The normalized spacial score (nSPS) is 10.7. The molecule has 5 heteroatoms. The van der Waals surface area contributed by atoms with Gasteiger partial charge in [0.05, 0.1) is 5.56 Å². The number of rotatable bonds is 8. The molecule has 0 saturated carbocycles. The van der Waals surface area contributed by atoms with Crippen LogP contribution in [0.3, 0.4) is 0 Å². The number of aromatic nitrogens is 1. The van der Waals surface area contributed by atoms with Gasteiger partial charge < -0.3 is 10.6 Å². The SMILES string of the molecule is CC(C)CCNC(=O)c1ccc(NCCc2cccc(Cl)c2)nc1. The van der Waals surface area contributed by atoms with Gasteiger partial charge in [0, 0.05) is 24.3 Å². The Morgan fingerprint density at radius 2 is 2.04 bits per heavy atom. The summed E-state index contributed by atoms with van der Waals surface area (Å²) in [5, 5.41) is 6.91. The van der Waals surface area contributed by atoms with Gasteiger partial charge in [-0.25, -0.2) is 4.98 Å².